The van der Waals surface area contributed by atoms with Gasteiger partial charge in [-0.25, -0.2) is 4.98 Å². The third-order valence-corrected chi connectivity index (χ3v) is 7.70. The number of pyridine rings is 1. The summed E-state index contributed by atoms with van der Waals surface area (Å²) in [4.78, 5) is 45.7. The summed E-state index contributed by atoms with van der Waals surface area (Å²) in [6.45, 7) is 7.73. The Labute approximate surface area is 264 Å². The molecule has 3 heterocycles. The molecule has 0 aliphatic heterocycles. The molecule has 4 rings (SSSR count). The zero-order valence-corrected chi connectivity index (χ0v) is 26.6. The number of carbonyl (C=O) groups excluding carboxylic acids is 1. The number of likely N-dealkylation sites (N-methyl/N-ethyl adjacent to an activating group) is 1. The van der Waals surface area contributed by atoms with E-state index in [2.05, 4.69) is 15.5 Å². The fraction of sp³-hybridized carbons (Fsp3) is 0.438. The normalized spacial score (nSPS) is 13.4. The molecule has 1 aromatic carbocycles. The Kier molecular flexibility index (Phi) is 10.3. The Morgan fingerprint density at radius 1 is 1.11 bits per heavy atom. The van der Waals surface area contributed by atoms with Gasteiger partial charge in [0.05, 0.1) is 23.7 Å². The van der Waals surface area contributed by atoms with E-state index in [1.165, 1.54) is 12.5 Å². The molecular weight excluding hydrogens is 603 g/mol. The lowest BCUT2D eigenvalue weighted by molar-refractivity contribution is -0.139. The molecule has 0 bridgehead atoms. The Morgan fingerprint density at radius 2 is 1.78 bits per heavy atom. The van der Waals surface area contributed by atoms with Crippen LogP contribution in [0, 0.1) is 19.8 Å². The van der Waals surface area contributed by atoms with Crippen molar-refractivity contribution in [2.45, 2.75) is 65.2 Å². The van der Waals surface area contributed by atoms with E-state index in [1.54, 1.807) is 23.4 Å². The Morgan fingerprint density at radius 3 is 2.37 bits per heavy atom. The SMILES string of the molecule is Cc1cccc(C)c1-c1nc([C@@H](CC(=O)O)NC(=O)[C@@H](CC(C)C)n2cc(CCN(C)C)c(C(F)(F)F)cc2=O)cn2cnnc12. The number of fused-ring (bicyclic) bond motifs is 1. The minimum atomic E-state index is -4.76. The molecule has 0 aliphatic rings. The second-order valence-corrected chi connectivity index (χ2v) is 12.2. The van der Waals surface area contributed by atoms with Gasteiger partial charge in [0, 0.05) is 30.6 Å². The van der Waals surface area contributed by atoms with Crippen LogP contribution in [0.1, 0.15) is 66.7 Å². The molecule has 2 N–H and O–H groups in total. The average Bonchev–Trinajstić information content (AvgIpc) is 3.43. The number of halogens is 3. The molecule has 46 heavy (non-hydrogen) atoms. The van der Waals surface area contributed by atoms with Crippen LogP contribution < -0.4 is 10.9 Å². The molecule has 2 atom stereocenters. The van der Waals surface area contributed by atoms with Gasteiger partial charge in [-0.1, -0.05) is 32.0 Å². The highest BCUT2D eigenvalue weighted by molar-refractivity contribution is 5.82. The number of hydrogen-bond acceptors (Lipinski definition) is 7. The molecule has 0 radical (unpaired) electrons. The van der Waals surface area contributed by atoms with Crippen molar-refractivity contribution in [1.82, 2.24) is 34.4 Å². The minimum absolute atomic E-state index is 0.0102. The van der Waals surface area contributed by atoms with Gasteiger partial charge >= 0.3 is 12.1 Å². The Bertz CT molecular complexity index is 1780. The zero-order valence-electron chi connectivity index (χ0n) is 26.6. The lowest BCUT2D eigenvalue weighted by atomic mass is 9.99. The number of rotatable bonds is 12. The van der Waals surface area contributed by atoms with E-state index in [0.717, 1.165) is 27.5 Å². The van der Waals surface area contributed by atoms with E-state index in [1.807, 2.05) is 45.9 Å². The lowest BCUT2D eigenvalue weighted by Gasteiger charge is -2.26. The summed E-state index contributed by atoms with van der Waals surface area (Å²) in [5, 5.41) is 20.8. The van der Waals surface area contributed by atoms with Crippen molar-refractivity contribution >= 4 is 17.5 Å². The van der Waals surface area contributed by atoms with Gasteiger partial charge in [0.2, 0.25) is 5.91 Å². The third kappa shape index (κ3) is 7.79. The van der Waals surface area contributed by atoms with Gasteiger partial charge < -0.3 is 19.9 Å². The highest BCUT2D eigenvalue weighted by Crippen LogP contribution is 2.33. The molecule has 0 fully saturated rings. The van der Waals surface area contributed by atoms with Crippen LogP contribution in [0.2, 0.25) is 0 Å². The number of hydrogen-bond donors (Lipinski definition) is 2. The molecule has 0 saturated carbocycles. The first-order chi connectivity index (χ1) is 21.6. The number of nitrogens with zero attached hydrogens (tertiary/aromatic N) is 6. The standard InChI is InChI=1S/C32H38F3N7O4/c1-18(2)12-25(42-15-21(10-11-40(5)6)22(13-26(42)43)32(33,34)35)31(46)38-23(14-27(44)45)24-16-41-17-36-39-30(41)29(37-24)28-19(3)8-7-9-20(28)4/h7-9,13,15-18,23,25H,10-12,14H2,1-6H3,(H,38,46)(H,44,45)/t23-,25-/m1/s1. The number of carbonyl (C=O) groups is 2. The van der Waals surface area contributed by atoms with E-state index >= 15 is 0 Å². The van der Waals surface area contributed by atoms with E-state index in [0.29, 0.717) is 17.4 Å². The molecule has 0 aliphatic carbocycles. The number of carboxylic acids is 1. The van der Waals surface area contributed by atoms with Gasteiger partial charge in [-0.2, -0.15) is 13.2 Å². The van der Waals surface area contributed by atoms with Crippen LogP contribution in [-0.2, 0) is 22.2 Å². The topological polar surface area (TPSA) is 135 Å². The van der Waals surface area contributed by atoms with Crippen LogP contribution in [0.25, 0.3) is 16.9 Å². The smallest absolute Gasteiger partial charge is 0.416 e. The monoisotopic (exact) mass is 641 g/mol. The molecule has 246 valence electrons. The van der Waals surface area contributed by atoms with E-state index in [-0.39, 0.29) is 36.6 Å². The van der Waals surface area contributed by atoms with Crippen molar-refractivity contribution in [3.63, 3.8) is 0 Å². The van der Waals surface area contributed by atoms with Crippen molar-refractivity contribution < 1.29 is 27.9 Å². The predicted octanol–water partition coefficient (Wildman–Crippen LogP) is 4.61. The highest BCUT2D eigenvalue weighted by Gasteiger charge is 2.36. The molecule has 14 heteroatoms. The number of aliphatic carboxylic acids is 1. The molecule has 0 spiro atoms. The summed E-state index contributed by atoms with van der Waals surface area (Å²) in [6.07, 6.45) is -1.14. The molecular formula is C32H38F3N7O4. The lowest BCUT2D eigenvalue weighted by Crippen LogP contribution is -2.41. The number of aryl methyl sites for hydroxylation is 2. The van der Waals surface area contributed by atoms with Crippen LogP contribution >= 0.6 is 0 Å². The predicted molar refractivity (Wildman–Crippen MR) is 165 cm³/mol. The molecule has 3 aromatic heterocycles. The van der Waals surface area contributed by atoms with E-state index in [9.17, 15) is 32.7 Å². The van der Waals surface area contributed by atoms with Gasteiger partial charge in [0.1, 0.15) is 18.1 Å². The van der Waals surface area contributed by atoms with Crippen LogP contribution in [0.3, 0.4) is 0 Å². The summed E-state index contributed by atoms with van der Waals surface area (Å²) < 4.78 is 44.4. The fourth-order valence-electron chi connectivity index (χ4n) is 5.49. The maximum absolute atomic E-state index is 14.0. The number of carboxylic acid groups (broad SMARTS) is 1. The summed E-state index contributed by atoms with van der Waals surface area (Å²) in [7, 11) is 3.44. The van der Waals surface area contributed by atoms with Crippen LogP contribution in [0.5, 0.6) is 0 Å². The maximum Gasteiger partial charge on any atom is 0.416 e. The van der Waals surface area contributed by atoms with Crippen molar-refractivity contribution in [3.8, 4) is 11.3 Å². The number of alkyl halides is 3. The summed E-state index contributed by atoms with van der Waals surface area (Å²) >= 11 is 0. The van der Waals surface area contributed by atoms with Crippen molar-refractivity contribution in [3.05, 3.63) is 81.3 Å². The van der Waals surface area contributed by atoms with Gasteiger partial charge in [-0.3, -0.25) is 18.8 Å². The minimum Gasteiger partial charge on any atom is -0.481 e. The molecule has 0 unspecified atom stereocenters. The Balaban J connectivity index is 1.81. The van der Waals surface area contributed by atoms with Crippen LogP contribution in [0.4, 0.5) is 13.2 Å². The van der Waals surface area contributed by atoms with Crippen molar-refractivity contribution in [2.24, 2.45) is 5.92 Å². The highest BCUT2D eigenvalue weighted by atomic mass is 19.4. The van der Waals surface area contributed by atoms with Crippen LogP contribution in [0.15, 0.2) is 47.8 Å². The van der Waals surface area contributed by atoms with Gasteiger partial charge in [-0.05, 0) is 63.4 Å². The summed E-state index contributed by atoms with van der Waals surface area (Å²) in [5.74, 6) is -2.09. The average molecular weight is 642 g/mol. The van der Waals surface area contributed by atoms with Gasteiger partial charge in [0.15, 0.2) is 5.65 Å². The largest absolute Gasteiger partial charge is 0.481 e. The van der Waals surface area contributed by atoms with Crippen molar-refractivity contribution in [2.75, 3.05) is 20.6 Å². The molecule has 11 nitrogen and oxygen atoms in total. The fourth-order valence-corrected chi connectivity index (χ4v) is 5.49. The number of nitrogens with one attached hydrogen (secondary N) is 1. The second kappa shape index (κ2) is 13.8. The second-order valence-electron chi connectivity index (χ2n) is 12.2. The zero-order chi connectivity index (χ0) is 33.9. The van der Waals surface area contributed by atoms with Crippen molar-refractivity contribution in [1.29, 1.82) is 0 Å². The first kappa shape index (κ1) is 34.3. The maximum atomic E-state index is 14.0. The Hall–Kier alpha value is -4.59. The number of aromatic nitrogens is 5. The molecule has 4 aromatic rings. The van der Waals surface area contributed by atoms with Gasteiger partial charge in [-0.15, -0.1) is 10.2 Å². The number of benzene rings is 1. The number of amides is 1. The first-order valence-electron chi connectivity index (χ1n) is 14.8. The molecule has 0 saturated heterocycles. The molecule has 1 amide bonds. The van der Waals surface area contributed by atoms with E-state index < -0.39 is 47.7 Å². The van der Waals surface area contributed by atoms with Gasteiger partial charge in [0.25, 0.3) is 5.56 Å². The van der Waals surface area contributed by atoms with E-state index in [4.69, 9.17) is 4.98 Å². The third-order valence-electron chi connectivity index (χ3n) is 7.70. The quantitative estimate of drug-likeness (QED) is 0.229. The first-order valence-corrected chi connectivity index (χ1v) is 14.8. The van der Waals surface area contributed by atoms with Crippen LogP contribution in [-0.4, -0.2) is 66.7 Å². The summed E-state index contributed by atoms with van der Waals surface area (Å²) in [5.41, 5.74) is 1.50. The summed E-state index contributed by atoms with van der Waals surface area (Å²) in [6, 6.07) is 3.86.